The van der Waals surface area contributed by atoms with E-state index in [4.69, 9.17) is 0 Å². The minimum atomic E-state index is -1.22. The molecular weight excluding hydrogens is 288 g/mol. The van der Waals surface area contributed by atoms with E-state index in [1.807, 2.05) is 37.3 Å². The number of hydrogen-bond donors (Lipinski definition) is 2. The maximum Gasteiger partial charge on any atom is 0.254 e. The van der Waals surface area contributed by atoms with Crippen molar-refractivity contribution >= 4 is 16.7 Å². The van der Waals surface area contributed by atoms with Crippen molar-refractivity contribution in [1.82, 2.24) is 10.3 Å². The number of aliphatic hydroxyl groups is 1. The van der Waals surface area contributed by atoms with Gasteiger partial charge >= 0.3 is 0 Å². The van der Waals surface area contributed by atoms with E-state index in [0.717, 1.165) is 16.3 Å². The minimum Gasteiger partial charge on any atom is -0.378 e. The lowest BCUT2D eigenvalue weighted by Crippen LogP contribution is -2.31. The molecule has 2 N–H and O–H groups in total. The van der Waals surface area contributed by atoms with Crippen molar-refractivity contribution in [3.63, 3.8) is 0 Å². The number of carbonyl (C=O) groups excluding carboxylic acids is 1. The Bertz CT molecular complexity index is 818. The number of nitrogens with zero attached hydrogens (tertiary/aromatic N) is 1. The summed E-state index contributed by atoms with van der Waals surface area (Å²) in [6.45, 7) is 1.90. The summed E-state index contributed by atoms with van der Waals surface area (Å²) in [5, 5.41) is 15.2. The quantitative estimate of drug-likeness (QED) is 0.778. The van der Waals surface area contributed by atoms with Crippen LogP contribution >= 0.6 is 0 Å². The van der Waals surface area contributed by atoms with Gasteiger partial charge in [-0.2, -0.15) is 0 Å². The Balaban J connectivity index is 1.74. The van der Waals surface area contributed by atoms with E-state index < -0.39 is 12.0 Å². The Morgan fingerprint density at radius 2 is 1.83 bits per heavy atom. The summed E-state index contributed by atoms with van der Waals surface area (Å²) in [7, 11) is 0. The average molecular weight is 306 g/mol. The second-order valence-electron chi connectivity index (χ2n) is 5.53. The number of benzene rings is 2. The highest BCUT2D eigenvalue weighted by Crippen LogP contribution is 2.21. The van der Waals surface area contributed by atoms with Crippen molar-refractivity contribution in [3.05, 3.63) is 78.1 Å². The molecule has 0 aliphatic rings. The molecule has 0 aliphatic heterocycles. The van der Waals surface area contributed by atoms with Crippen LogP contribution in [0.25, 0.3) is 10.8 Å². The molecule has 4 nitrogen and oxygen atoms in total. The molecule has 1 aromatic heterocycles. The lowest BCUT2D eigenvalue weighted by atomic mass is 10.0. The van der Waals surface area contributed by atoms with E-state index >= 15 is 0 Å². The van der Waals surface area contributed by atoms with Crippen LogP contribution in [0.15, 0.2) is 67.0 Å². The van der Waals surface area contributed by atoms with E-state index in [1.54, 1.807) is 18.3 Å². The summed E-state index contributed by atoms with van der Waals surface area (Å²) in [6.07, 6.45) is 1.88. The first-order valence-electron chi connectivity index (χ1n) is 7.52. The highest BCUT2D eigenvalue weighted by molar-refractivity contribution is 5.84. The molecule has 0 saturated carbocycles. The van der Waals surface area contributed by atoms with Crippen LogP contribution in [0.1, 0.15) is 30.2 Å². The molecule has 1 unspecified atom stereocenters. The summed E-state index contributed by atoms with van der Waals surface area (Å²) in [6, 6.07) is 17.3. The zero-order valence-corrected chi connectivity index (χ0v) is 12.8. The van der Waals surface area contributed by atoms with Crippen LogP contribution in [0.5, 0.6) is 0 Å². The van der Waals surface area contributed by atoms with Crippen LogP contribution in [0.4, 0.5) is 0 Å². The van der Waals surface area contributed by atoms with Gasteiger partial charge in [0.1, 0.15) is 0 Å². The number of fused-ring (bicyclic) bond motifs is 1. The zero-order valence-electron chi connectivity index (χ0n) is 12.8. The SMILES string of the molecule is C[C@@H](NC(=O)C(O)c1cccnc1)c1ccc2ccccc2c1. The molecule has 1 amide bonds. The Morgan fingerprint density at radius 3 is 2.57 bits per heavy atom. The van der Waals surface area contributed by atoms with Crippen molar-refractivity contribution < 1.29 is 9.90 Å². The molecule has 3 rings (SSSR count). The maximum atomic E-state index is 12.2. The van der Waals surface area contributed by atoms with Gasteiger partial charge in [-0.1, -0.05) is 42.5 Å². The van der Waals surface area contributed by atoms with Gasteiger partial charge in [-0.25, -0.2) is 0 Å². The maximum absolute atomic E-state index is 12.2. The summed E-state index contributed by atoms with van der Waals surface area (Å²) < 4.78 is 0. The van der Waals surface area contributed by atoms with E-state index in [9.17, 15) is 9.90 Å². The Hall–Kier alpha value is -2.72. The number of aromatic nitrogens is 1. The van der Waals surface area contributed by atoms with Gasteiger partial charge in [0.15, 0.2) is 6.10 Å². The van der Waals surface area contributed by atoms with Crippen LogP contribution in [-0.4, -0.2) is 16.0 Å². The predicted octanol–water partition coefficient (Wildman–Crippen LogP) is 3.15. The van der Waals surface area contributed by atoms with Gasteiger partial charge in [0, 0.05) is 18.0 Å². The third-order valence-corrected chi connectivity index (χ3v) is 3.88. The molecule has 23 heavy (non-hydrogen) atoms. The molecule has 0 spiro atoms. The molecule has 0 radical (unpaired) electrons. The number of rotatable bonds is 4. The van der Waals surface area contributed by atoms with Crippen molar-refractivity contribution in [2.45, 2.75) is 19.1 Å². The zero-order chi connectivity index (χ0) is 16.2. The van der Waals surface area contributed by atoms with Gasteiger partial charge in [0.05, 0.1) is 6.04 Å². The average Bonchev–Trinajstić information content (AvgIpc) is 2.61. The van der Waals surface area contributed by atoms with Crippen molar-refractivity contribution in [3.8, 4) is 0 Å². The standard InChI is InChI=1S/C19H18N2O2/c1-13(15-9-8-14-5-2-3-6-16(14)11-15)21-19(23)18(22)17-7-4-10-20-12-17/h2-13,18,22H,1H3,(H,21,23)/t13-,18?/m1/s1. The molecule has 0 fully saturated rings. The third-order valence-electron chi connectivity index (χ3n) is 3.88. The fraction of sp³-hybridized carbons (Fsp3) is 0.158. The largest absolute Gasteiger partial charge is 0.378 e. The number of hydrogen-bond acceptors (Lipinski definition) is 3. The molecule has 3 aromatic rings. The molecule has 2 aromatic carbocycles. The summed E-state index contributed by atoms with van der Waals surface area (Å²) in [5.41, 5.74) is 1.48. The summed E-state index contributed by atoms with van der Waals surface area (Å²) in [5.74, 6) is -0.432. The van der Waals surface area contributed by atoms with Gasteiger partial charge in [-0.15, -0.1) is 0 Å². The van der Waals surface area contributed by atoms with Gasteiger partial charge in [-0.3, -0.25) is 9.78 Å². The van der Waals surface area contributed by atoms with Crippen LogP contribution < -0.4 is 5.32 Å². The molecule has 0 aliphatic carbocycles. The first kappa shape index (κ1) is 15.2. The third kappa shape index (κ3) is 3.38. The van der Waals surface area contributed by atoms with Crippen molar-refractivity contribution in [2.24, 2.45) is 0 Å². The Kier molecular flexibility index (Phi) is 4.35. The highest BCUT2D eigenvalue weighted by Gasteiger charge is 2.19. The minimum absolute atomic E-state index is 0.196. The monoisotopic (exact) mass is 306 g/mol. The van der Waals surface area contributed by atoms with Gasteiger partial charge in [0.25, 0.3) is 5.91 Å². The fourth-order valence-electron chi connectivity index (χ4n) is 2.54. The van der Waals surface area contributed by atoms with Crippen molar-refractivity contribution in [1.29, 1.82) is 0 Å². The van der Waals surface area contributed by atoms with Crippen LogP contribution in [0, 0.1) is 0 Å². The predicted molar refractivity (Wildman–Crippen MR) is 89.7 cm³/mol. The Morgan fingerprint density at radius 1 is 1.04 bits per heavy atom. The van der Waals surface area contributed by atoms with Gasteiger partial charge in [-0.05, 0) is 35.4 Å². The molecule has 116 valence electrons. The molecule has 4 heteroatoms. The van der Waals surface area contributed by atoms with Crippen molar-refractivity contribution in [2.75, 3.05) is 0 Å². The number of nitrogens with one attached hydrogen (secondary N) is 1. The lowest BCUT2D eigenvalue weighted by Gasteiger charge is -2.18. The van der Waals surface area contributed by atoms with Crippen LogP contribution in [-0.2, 0) is 4.79 Å². The second-order valence-corrected chi connectivity index (χ2v) is 5.53. The second kappa shape index (κ2) is 6.58. The first-order valence-corrected chi connectivity index (χ1v) is 7.52. The normalized spacial score (nSPS) is 13.5. The van der Waals surface area contributed by atoms with E-state index in [1.165, 1.54) is 6.20 Å². The molecule has 0 bridgehead atoms. The van der Waals surface area contributed by atoms with Crippen LogP contribution in [0.2, 0.25) is 0 Å². The van der Waals surface area contributed by atoms with Gasteiger partial charge in [0.2, 0.25) is 0 Å². The highest BCUT2D eigenvalue weighted by atomic mass is 16.3. The first-order chi connectivity index (χ1) is 11.1. The lowest BCUT2D eigenvalue weighted by molar-refractivity contribution is -0.130. The molecule has 0 saturated heterocycles. The topological polar surface area (TPSA) is 62.2 Å². The summed E-state index contributed by atoms with van der Waals surface area (Å²) in [4.78, 5) is 16.1. The van der Waals surface area contributed by atoms with Gasteiger partial charge < -0.3 is 10.4 Å². The number of amides is 1. The molecule has 1 heterocycles. The number of pyridine rings is 1. The molecular formula is C19H18N2O2. The number of carbonyl (C=O) groups is 1. The van der Waals surface area contributed by atoms with E-state index in [-0.39, 0.29) is 6.04 Å². The van der Waals surface area contributed by atoms with E-state index in [2.05, 4.69) is 22.4 Å². The van der Waals surface area contributed by atoms with Crippen LogP contribution in [0.3, 0.4) is 0 Å². The molecule has 2 atom stereocenters. The Labute approximate surface area is 134 Å². The fourth-order valence-corrected chi connectivity index (χ4v) is 2.54. The van der Waals surface area contributed by atoms with E-state index in [0.29, 0.717) is 5.56 Å². The number of aliphatic hydroxyl groups excluding tert-OH is 1. The smallest absolute Gasteiger partial charge is 0.254 e. The summed E-state index contributed by atoms with van der Waals surface area (Å²) >= 11 is 0.